The van der Waals surface area contributed by atoms with E-state index in [0.717, 1.165) is 32.1 Å². The van der Waals surface area contributed by atoms with E-state index < -0.39 is 29.9 Å². The molecule has 5 aliphatic carbocycles. The number of rotatable bonds is 9. The molecule has 48 heavy (non-hydrogen) atoms. The number of carbonyl (C=O) groups excluding carboxylic acids is 4. The Morgan fingerprint density at radius 1 is 0.812 bits per heavy atom. The highest BCUT2D eigenvalue weighted by Crippen LogP contribution is 2.89. The van der Waals surface area contributed by atoms with Crippen molar-refractivity contribution >= 4 is 23.9 Å². The Labute approximate surface area is 286 Å². The molecule has 0 aliphatic heterocycles. The van der Waals surface area contributed by atoms with E-state index in [1.165, 1.54) is 41.5 Å². The van der Waals surface area contributed by atoms with Gasteiger partial charge in [0.1, 0.15) is 30.5 Å². The van der Waals surface area contributed by atoms with Gasteiger partial charge in [0.05, 0.1) is 5.60 Å². The van der Waals surface area contributed by atoms with Crippen molar-refractivity contribution < 1.29 is 48.3 Å². The lowest BCUT2D eigenvalue weighted by molar-refractivity contribution is -0.217. The second kappa shape index (κ2) is 12.0. The third-order valence-electron chi connectivity index (χ3n) is 14.6. The van der Waals surface area contributed by atoms with Crippen LogP contribution in [0, 0.1) is 50.7 Å². The Bertz CT molecular complexity index is 1320. The normalized spacial score (nSPS) is 42.8. The number of hydrogen-bond donors (Lipinski definition) is 2. The Balaban J connectivity index is 1.54. The predicted molar refractivity (Wildman–Crippen MR) is 176 cm³/mol. The van der Waals surface area contributed by atoms with Crippen molar-refractivity contribution in [3.8, 4) is 0 Å². The van der Waals surface area contributed by atoms with Gasteiger partial charge in [0.25, 0.3) is 0 Å². The summed E-state index contributed by atoms with van der Waals surface area (Å²) in [5.74, 6) is -1.48. The van der Waals surface area contributed by atoms with Crippen molar-refractivity contribution in [1.82, 2.24) is 0 Å². The maximum atomic E-state index is 12.7. The molecule has 0 radical (unpaired) electrons. The van der Waals surface area contributed by atoms with Crippen LogP contribution in [-0.4, -0.2) is 70.2 Å². The van der Waals surface area contributed by atoms with Crippen LogP contribution in [0.4, 0.5) is 0 Å². The first-order chi connectivity index (χ1) is 22.0. The Hall–Kier alpha value is -2.20. The van der Waals surface area contributed by atoms with E-state index in [1.807, 2.05) is 0 Å². The lowest BCUT2D eigenvalue weighted by atomic mass is 9.41. The summed E-state index contributed by atoms with van der Waals surface area (Å²) in [4.78, 5) is 49.6. The van der Waals surface area contributed by atoms with Crippen LogP contribution in [-0.2, 0) is 38.1 Å². The molecule has 0 aromatic rings. The third kappa shape index (κ3) is 5.59. The molecule has 2 N–H and O–H groups in total. The van der Waals surface area contributed by atoms with E-state index in [4.69, 9.17) is 18.9 Å². The van der Waals surface area contributed by atoms with Gasteiger partial charge in [0.15, 0.2) is 0 Å². The Morgan fingerprint density at radius 2 is 1.40 bits per heavy atom. The summed E-state index contributed by atoms with van der Waals surface area (Å²) < 4.78 is 24.0. The van der Waals surface area contributed by atoms with Gasteiger partial charge in [-0.1, -0.05) is 34.6 Å². The maximum absolute atomic E-state index is 12.7. The average Bonchev–Trinajstić information content (AvgIpc) is 3.51. The van der Waals surface area contributed by atoms with Crippen molar-refractivity contribution in [2.75, 3.05) is 0 Å². The van der Waals surface area contributed by atoms with Crippen molar-refractivity contribution in [3.63, 3.8) is 0 Å². The van der Waals surface area contributed by atoms with Gasteiger partial charge >= 0.3 is 23.9 Å². The van der Waals surface area contributed by atoms with Crippen LogP contribution in [0.3, 0.4) is 0 Å². The minimum absolute atomic E-state index is 0.0390. The summed E-state index contributed by atoms with van der Waals surface area (Å²) in [5, 5.41) is 21.7. The molecule has 13 atom stereocenters. The highest BCUT2D eigenvalue weighted by molar-refractivity contribution is 5.67. The lowest BCUT2D eigenvalue weighted by Gasteiger charge is -2.64. The lowest BCUT2D eigenvalue weighted by Crippen LogP contribution is -2.62. The number of aliphatic hydroxyl groups excluding tert-OH is 1. The summed E-state index contributed by atoms with van der Waals surface area (Å²) in [5.41, 5.74) is -2.45. The quantitative estimate of drug-likeness (QED) is 0.236. The van der Waals surface area contributed by atoms with E-state index in [1.54, 1.807) is 0 Å². The van der Waals surface area contributed by atoms with Crippen molar-refractivity contribution in [3.05, 3.63) is 0 Å². The first kappa shape index (κ1) is 37.1. The molecule has 0 aromatic carbocycles. The van der Waals surface area contributed by atoms with Crippen LogP contribution in [0.2, 0.25) is 0 Å². The molecule has 10 heteroatoms. The molecule has 0 aromatic heterocycles. The van der Waals surface area contributed by atoms with E-state index >= 15 is 0 Å². The molecule has 5 saturated carbocycles. The molecule has 5 rings (SSSR count). The van der Waals surface area contributed by atoms with Crippen LogP contribution in [0.5, 0.6) is 0 Å². The second-order valence-corrected chi connectivity index (χ2v) is 18.0. The zero-order valence-corrected chi connectivity index (χ0v) is 31.0. The molecule has 272 valence electrons. The number of hydrogen-bond acceptors (Lipinski definition) is 10. The molecule has 0 amide bonds. The molecule has 10 nitrogen and oxygen atoms in total. The molecule has 5 fully saturated rings. The van der Waals surface area contributed by atoms with Crippen LogP contribution in [0.25, 0.3) is 0 Å². The Morgan fingerprint density at radius 3 is 1.94 bits per heavy atom. The number of carbonyl (C=O) groups is 4. The smallest absolute Gasteiger partial charge is 0.302 e. The molecule has 2 spiro atoms. The van der Waals surface area contributed by atoms with Crippen molar-refractivity contribution in [2.24, 2.45) is 50.7 Å². The summed E-state index contributed by atoms with van der Waals surface area (Å²) in [6.45, 7) is 19.8. The number of esters is 4. The largest absolute Gasteiger partial charge is 0.462 e. The highest BCUT2D eigenvalue weighted by atomic mass is 16.6. The van der Waals surface area contributed by atoms with E-state index in [0.29, 0.717) is 19.3 Å². The summed E-state index contributed by atoms with van der Waals surface area (Å²) in [6.07, 6.45) is 3.05. The monoisotopic (exact) mass is 676 g/mol. The maximum Gasteiger partial charge on any atom is 0.302 e. The molecular weight excluding hydrogens is 616 g/mol. The fourth-order valence-corrected chi connectivity index (χ4v) is 12.9. The molecular formula is C38H60O10. The minimum Gasteiger partial charge on any atom is -0.462 e. The zero-order chi connectivity index (χ0) is 36.0. The van der Waals surface area contributed by atoms with Gasteiger partial charge in [-0.3, -0.25) is 19.2 Å². The fourth-order valence-electron chi connectivity index (χ4n) is 12.9. The van der Waals surface area contributed by atoms with Crippen molar-refractivity contribution in [2.45, 2.75) is 164 Å². The second-order valence-electron chi connectivity index (χ2n) is 18.0. The summed E-state index contributed by atoms with van der Waals surface area (Å²) in [7, 11) is 0. The van der Waals surface area contributed by atoms with Crippen LogP contribution >= 0.6 is 0 Å². The predicted octanol–water partition coefficient (Wildman–Crippen LogP) is 5.53. The van der Waals surface area contributed by atoms with Gasteiger partial charge < -0.3 is 29.2 Å². The average molecular weight is 677 g/mol. The van der Waals surface area contributed by atoms with Crippen LogP contribution in [0.1, 0.15) is 128 Å². The third-order valence-corrected chi connectivity index (χ3v) is 14.6. The van der Waals surface area contributed by atoms with Crippen LogP contribution in [0.15, 0.2) is 0 Å². The Kier molecular flexibility index (Phi) is 9.23. The van der Waals surface area contributed by atoms with E-state index in [2.05, 4.69) is 34.6 Å². The molecule has 0 saturated heterocycles. The number of aliphatic hydroxyl groups is 2. The van der Waals surface area contributed by atoms with Gasteiger partial charge in [-0.15, -0.1) is 0 Å². The number of ether oxygens (including phenoxy) is 4. The standard InChI is InChI=1S/C38H60O10/c1-20(16-26(46-22(3)40)32(43)34(8,9)44)30-27(47-23(4)41)18-36(11)28-17-25(45-21(2)39)31-33(6,7)29(48-24(5)42)12-13-38(31)19-37(28,38)15-14-35(30,36)10/h20,25-32,43-44H,12-19H2,1-11H3/t20-,25+,26+,27+,28+,29+,30+,31+,32+,35-,36+,37+,38-/m1/s1. The molecule has 0 unspecified atom stereocenters. The SMILES string of the molecule is CC(=O)O[C@H]1C[C@@]2(C)[C@@H]3C[C@H](OC(C)=O)[C@H]4C(C)(C)[C@@H](OC(C)=O)CC[C@@]45C[C@@]35CC[C@]2(C)[C@H]1[C@H](C)C[C@H](OC(C)=O)[C@H](O)C(C)(C)O. The molecule has 0 bridgehead atoms. The van der Waals surface area contributed by atoms with Gasteiger partial charge in [-0.05, 0) is 98.7 Å². The highest BCUT2D eigenvalue weighted by Gasteiger charge is 2.85. The first-order valence-electron chi connectivity index (χ1n) is 18.1. The minimum atomic E-state index is -1.49. The van der Waals surface area contributed by atoms with Gasteiger partial charge in [-0.2, -0.15) is 0 Å². The fraction of sp³-hybridized carbons (Fsp3) is 0.895. The molecule has 5 aliphatic rings. The van der Waals surface area contributed by atoms with Gasteiger partial charge in [-0.25, -0.2) is 0 Å². The van der Waals surface area contributed by atoms with E-state index in [9.17, 15) is 29.4 Å². The van der Waals surface area contributed by atoms with E-state index in [-0.39, 0.29) is 80.9 Å². The number of fused-ring (bicyclic) bond motifs is 2. The summed E-state index contributed by atoms with van der Waals surface area (Å²) >= 11 is 0. The van der Waals surface area contributed by atoms with Gasteiger partial charge in [0, 0.05) is 44.9 Å². The van der Waals surface area contributed by atoms with Crippen molar-refractivity contribution in [1.29, 1.82) is 0 Å². The topological polar surface area (TPSA) is 146 Å². The molecule has 0 heterocycles. The van der Waals surface area contributed by atoms with Gasteiger partial charge in [0.2, 0.25) is 0 Å². The first-order valence-corrected chi connectivity index (χ1v) is 18.1. The zero-order valence-electron chi connectivity index (χ0n) is 31.0. The van der Waals surface area contributed by atoms with Crippen LogP contribution < -0.4 is 0 Å². The summed E-state index contributed by atoms with van der Waals surface area (Å²) in [6, 6.07) is 0.